The Hall–Kier alpha value is -2.20. The molecule has 0 aliphatic carbocycles. The molecular formula is C20H25ClN2O2. The van der Waals surface area contributed by atoms with Crippen molar-refractivity contribution < 1.29 is 9.53 Å². The molecule has 134 valence electrons. The molecule has 25 heavy (non-hydrogen) atoms. The molecule has 0 saturated carbocycles. The number of ether oxygens (including phenoxy) is 1. The zero-order valence-electron chi connectivity index (χ0n) is 14.9. The molecule has 0 aliphatic heterocycles. The van der Waals surface area contributed by atoms with E-state index in [4.69, 9.17) is 16.3 Å². The molecule has 0 bridgehead atoms. The molecule has 1 unspecified atom stereocenters. The SMILES string of the molecule is CC(NC(=O)NCCc1ccc(Cl)cc1)Oc1ccc(C(C)C)cc1. The van der Waals surface area contributed by atoms with Crippen LogP contribution in [0.25, 0.3) is 0 Å². The van der Waals surface area contributed by atoms with E-state index < -0.39 is 6.23 Å². The van der Waals surface area contributed by atoms with Gasteiger partial charge in [0.05, 0.1) is 0 Å². The second-order valence-corrected chi connectivity index (χ2v) is 6.70. The molecule has 1 atom stereocenters. The third kappa shape index (κ3) is 6.67. The van der Waals surface area contributed by atoms with Gasteiger partial charge in [0.1, 0.15) is 5.75 Å². The van der Waals surface area contributed by atoms with Gasteiger partial charge in [0.2, 0.25) is 0 Å². The highest BCUT2D eigenvalue weighted by atomic mass is 35.5. The molecule has 2 aromatic carbocycles. The number of benzene rings is 2. The van der Waals surface area contributed by atoms with Crippen LogP contribution in [0.15, 0.2) is 48.5 Å². The minimum Gasteiger partial charge on any atom is -0.471 e. The van der Waals surface area contributed by atoms with Gasteiger partial charge in [-0.25, -0.2) is 4.79 Å². The lowest BCUT2D eigenvalue weighted by atomic mass is 10.0. The Morgan fingerprint density at radius 1 is 1.04 bits per heavy atom. The van der Waals surface area contributed by atoms with E-state index in [-0.39, 0.29) is 6.03 Å². The van der Waals surface area contributed by atoms with E-state index in [1.807, 2.05) is 48.5 Å². The van der Waals surface area contributed by atoms with Gasteiger partial charge in [-0.15, -0.1) is 0 Å². The van der Waals surface area contributed by atoms with Crippen molar-refractivity contribution in [1.82, 2.24) is 10.6 Å². The first-order valence-electron chi connectivity index (χ1n) is 8.49. The van der Waals surface area contributed by atoms with Crippen molar-refractivity contribution in [2.75, 3.05) is 6.54 Å². The summed E-state index contributed by atoms with van der Waals surface area (Å²) in [6.45, 7) is 6.64. The number of nitrogens with one attached hydrogen (secondary N) is 2. The van der Waals surface area contributed by atoms with Gasteiger partial charge in [-0.3, -0.25) is 0 Å². The first kappa shape index (κ1) is 19.1. The minimum absolute atomic E-state index is 0.250. The van der Waals surface area contributed by atoms with Crippen LogP contribution in [0, 0.1) is 0 Å². The number of amides is 2. The van der Waals surface area contributed by atoms with Crippen molar-refractivity contribution in [2.24, 2.45) is 0 Å². The average molecular weight is 361 g/mol. The summed E-state index contributed by atoms with van der Waals surface area (Å²) < 4.78 is 5.71. The van der Waals surface area contributed by atoms with E-state index in [9.17, 15) is 4.79 Å². The molecule has 0 aliphatic rings. The van der Waals surface area contributed by atoms with Crippen LogP contribution >= 0.6 is 11.6 Å². The highest BCUT2D eigenvalue weighted by molar-refractivity contribution is 6.30. The lowest BCUT2D eigenvalue weighted by Gasteiger charge is -2.17. The van der Waals surface area contributed by atoms with E-state index in [0.29, 0.717) is 17.5 Å². The zero-order chi connectivity index (χ0) is 18.2. The lowest BCUT2D eigenvalue weighted by molar-refractivity contribution is 0.177. The van der Waals surface area contributed by atoms with Gasteiger partial charge >= 0.3 is 6.03 Å². The van der Waals surface area contributed by atoms with Crippen LogP contribution in [0.2, 0.25) is 5.02 Å². The Morgan fingerprint density at radius 3 is 2.28 bits per heavy atom. The van der Waals surface area contributed by atoms with Gasteiger partial charge < -0.3 is 15.4 Å². The van der Waals surface area contributed by atoms with Gasteiger partial charge in [-0.2, -0.15) is 0 Å². The van der Waals surface area contributed by atoms with Crippen molar-refractivity contribution in [3.63, 3.8) is 0 Å². The summed E-state index contributed by atoms with van der Waals surface area (Å²) in [4.78, 5) is 11.9. The summed E-state index contributed by atoms with van der Waals surface area (Å²) in [5.74, 6) is 1.22. The van der Waals surface area contributed by atoms with E-state index >= 15 is 0 Å². The van der Waals surface area contributed by atoms with Crippen LogP contribution < -0.4 is 15.4 Å². The molecule has 2 aromatic rings. The molecule has 5 heteroatoms. The molecule has 2 N–H and O–H groups in total. The highest BCUT2D eigenvalue weighted by Gasteiger charge is 2.08. The van der Waals surface area contributed by atoms with Crippen molar-refractivity contribution in [3.05, 3.63) is 64.7 Å². The minimum atomic E-state index is -0.416. The van der Waals surface area contributed by atoms with Gasteiger partial charge in [-0.1, -0.05) is 49.7 Å². The fourth-order valence-corrected chi connectivity index (χ4v) is 2.50. The van der Waals surface area contributed by atoms with Crippen LogP contribution in [-0.2, 0) is 6.42 Å². The summed E-state index contributed by atoms with van der Waals surface area (Å²) in [6.07, 6.45) is 0.330. The smallest absolute Gasteiger partial charge is 0.317 e. The van der Waals surface area contributed by atoms with Crippen molar-refractivity contribution >= 4 is 17.6 Å². The Balaban J connectivity index is 1.71. The van der Waals surface area contributed by atoms with E-state index in [0.717, 1.165) is 17.7 Å². The van der Waals surface area contributed by atoms with Gasteiger partial charge in [0.15, 0.2) is 6.23 Å². The van der Waals surface area contributed by atoms with Crippen molar-refractivity contribution in [3.8, 4) is 5.75 Å². The van der Waals surface area contributed by atoms with E-state index in [1.54, 1.807) is 6.92 Å². The monoisotopic (exact) mass is 360 g/mol. The van der Waals surface area contributed by atoms with Crippen molar-refractivity contribution in [1.29, 1.82) is 0 Å². The standard InChI is InChI=1S/C20H25ClN2O2/c1-14(2)17-6-10-19(11-7-17)25-15(3)23-20(24)22-13-12-16-4-8-18(21)9-5-16/h4-11,14-15H,12-13H2,1-3H3,(H2,22,23,24). The number of hydrogen-bond acceptors (Lipinski definition) is 2. The first-order chi connectivity index (χ1) is 11.9. The topological polar surface area (TPSA) is 50.4 Å². The average Bonchev–Trinajstić information content (AvgIpc) is 2.57. The maximum Gasteiger partial charge on any atom is 0.317 e. The summed E-state index contributed by atoms with van der Waals surface area (Å²) >= 11 is 5.85. The van der Waals surface area contributed by atoms with Crippen LogP contribution in [0.4, 0.5) is 4.79 Å². The number of rotatable bonds is 7. The summed E-state index contributed by atoms with van der Waals surface area (Å²) in [5, 5.41) is 6.30. The normalized spacial score (nSPS) is 11.9. The molecule has 0 aromatic heterocycles. The fourth-order valence-electron chi connectivity index (χ4n) is 2.37. The molecule has 0 fully saturated rings. The molecule has 0 heterocycles. The molecular weight excluding hydrogens is 336 g/mol. The lowest BCUT2D eigenvalue weighted by Crippen LogP contribution is -2.43. The molecule has 4 nitrogen and oxygen atoms in total. The molecule has 0 radical (unpaired) electrons. The summed E-state index contributed by atoms with van der Waals surface area (Å²) in [6, 6.07) is 15.3. The summed E-state index contributed by atoms with van der Waals surface area (Å²) in [7, 11) is 0. The van der Waals surface area contributed by atoms with E-state index in [2.05, 4.69) is 24.5 Å². The Morgan fingerprint density at radius 2 is 1.68 bits per heavy atom. The number of urea groups is 1. The van der Waals surface area contributed by atoms with Gasteiger partial charge in [0, 0.05) is 11.6 Å². The number of hydrogen-bond donors (Lipinski definition) is 2. The molecule has 2 rings (SSSR count). The molecule has 2 amide bonds. The number of carbonyl (C=O) groups excluding carboxylic acids is 1. The van der Waals surface area contributed by atoms with Gasteiger partial charge in [0.25, 0.3) is 0 Å². The van der Waals surface area contributed by atoms with Gasteiger partial charge in [-0.05, 0) is 54.7 Å². The third-order valence-electron chi connectivity index (χ3n) is 3.81. The second kappa shape index (κ2) is 9.33. The van der Waals surface area contributed by atoms with Crippen LogP contribution in [0.1, 0.15) is 37.8 Å². The highest BCUT2D eigenvalue weighted by Crippen LogP contribution is 2.19. The third-order valence-corrected chi connectivity index (χ3v) is 4.06. The van der Waals surface area contributed by atoms with Crippen LogP contribution in [-0.4, -0.2) is 18.8 Å². The van der Waals surface area contributed by atoms with Crippen LogP contribution in [0.3, 0.4) is 0 Å². The maximum absolute atomic E-state index is 11.9. The first-order valence-corrected chi connectivity index (χ1v) is 8.87. The second-order valence-electron chi connectivity index (χ2n) is 6.26. The summed E-state index contributed by atoms with van der Waals surface area (Å²) in [5.41, 5.74) is 2.38. The predicted octanol–water partition coefficient (Wildman–Crippen LogP) is 4.73. The molecule has 0 saturated heterocycles. The zero-order valence-corrected chi connectivity index (χ0v) is 15.6. The van der Waals surface area contributed by atoms with Crippen molar-refractivity contribution in [2.45, 2.75) is 39.3 Å². The Labute approximate surface area is 154 Å². The van der Waals surface area contributed by atoms with Crippen LogP contribution in [0.5, 0.6) is 5.75 Å². The molecule has 0 spiro atoms. The number of carbonyl (C=O) groups is 1. The largest absolute Gasteiger partial charge is 0.471 e. The quantitative estimate of drug-likeness (QED) is 0.701. The van der Waals surface area contributed by atoms with E-state index in [1.165, 1.54) is 5.56 Å². The predicted molar refractivity (Wildman–Crippen MR) is 102 cm³/mol. The maximum atomic E-state index is 11.9. The fraction of sp³-hybridized carbons (Fsp3) is 0.350. The number of halogens is 1. The Kier molecular flexibility index (Phi) is 7.14. The Bertz CT molecular complexity index is 669.